The van der Waals surface area contributed by atoms with Crippen molar-refractivity contribution in [1.29, 1.82) is 0 Å². The van der Waals surface area contributed by atoms with E-state index in [9.17, 15) is 4.79 Å². The van der Waals surface area contributed by atoms with Gasteiger partial charge in [0.15, 0.2) is 11.5 Å². The third-order valence-electron chi connectivity index (χ3n) is 3.76. The number of methoxy groups -OCH3 is 2. The SMILES string of the molecule is COc1ccc(OC)c(/C(C)=N\NC(=O)c2ccc3c(c2)OCO3)c1. The maximum Gasteiger partial charge on any atom is 0.271 e. The Labute approximate surface area is 145 Å². The molecule has 2 aromatic carbocycles. The molecule has 0 saturated heterocycles. The van der Waals surface area contributed by atoms with Gasteiger partial charge in [0.2, 0.25) is 6.79 Å². The lowest BCUT2D eigenvalue weighted by molar-refractivity contribution is 0.0954. The minimum Gasteiger partial charge on any atom is -0.497 e. The Morgan fingerprint density at radius 2 is 1.88 bits per heavy atom. The average molecular weight is 342 g/mol. The lowest BCUT2D eigenvalue weighted by Crippen LogP contribution is -2.19. The topological polar surface area (TPSA) is 78.4 Å². The Bertz CT molecular complexity index is 832. The number of carbonyl (C=O) groups excluding carboxylic acids is 1. The Balaban J connectivity index is 1.78. The van der Waals surface area contributed by atoms with Gasteiger partial charge in [-0.3, -0.25) is 4.79 Å². The van der Waals surface area contributed by atoms with Crippen LogP contribution in [0.15, 0.2) is 41.5 Å². The summed E-state index contributed by atoms with van der Waals surface area (Å²) in [5, 5.41) is 4.16. The quantitative estimate of drug-likeness (QED) is 0.667. The average Bonchev–Trinajstić information content (AvgIpc) is 3.12. The summed E-state index contributed by atoms with van der Waals surface area (Å²) in [5.74, 6) is 2.13. The van der Waals surface area contributed by atoms with Crippen LogP contribution in [0.1, 0.15) is 22.8 Å². The third kappa shape index (κ3) is 3.50. The van der Waals surface area contributed by atoms with Gasteiger partial charge in [-0.2, -0.15) is 5.10 Å². The Morgan fingerprint density at radius 1 is 1.08 bits per heavy atom. The maximum absolute atomic E-state index is 12.3. The fourth-order valence-electron chi connectivity index (χ4n) is 2.39. The van der Waals surface area contributed by atoms with Crippen LogP contribution in [0.4, 0.5) is 0 Å². The van der Waals surface area contributed by atoms with Crippen molar-refractivity contribution in [1.82, 2.24) is 5.43 Å². The molecule has 0 aromatic heterocycles. The van der Waals surface area contributed by atoms with E-state index < -0.39 is 0 Å². The number of rotatable bonds is 5. The first-order valence-electron chi connectivity index (χ1n) is 7.59. The number of carbonyl (C=O) groups is 1. The minimum atomic E-state index is -0.348. The third-order valence-corrected chi connectivity index (χ3v) is 3.76. The molecule has 1 aliphatic rings. The molecule has 130 valence electrons. The van der Waals surface area contributed by atoms with Crippen molar-refractivity contribution in [2.24, 2.45) is 5.10 Å². The standard InChI is InChI=1S/C18H18N2O5/c1-11(14-9-13(22-2)5-7-15(14)23-3)19-20-18(21)12-4-6-16-17(8-12)25-10-24-16/h4-9H,10H2,1-3H3,(H,20,21)/b19-11-. The molecule has 1 amide bonds. The smallest absolute Gasteiger partial charge is 0.271 e. The molecule has 0 spiro atoms. The summed E-state index contributed by atoms with van der Waals surface area (Å²) in [4.78, 5) is 12.3. The summed E-state index contributed by atoms with van der Waals surface area (Å²) in [6, 6.07) is 10.3. The van der Waals surface area contributed by atoms with Crippen molar-refractivity contribution in [3.05, 3.63) is 47.5 Å². The van der Waals surface area contributed by atoms with E-state index in [4.69, 9.17) is 18.9 Å². The number of nitrogens with one attached hydrogen (secondary N) is 1. The highest BCUT2D eigenvalue weighted by atomic mass is 16.7. The highest BCUT2D eigenvalue weighted by molar-refractivity contribution is 6.03. The van der Waals surface area contributed by atoms with Crippen LogP contribution in [-0.2, 0) is 0 Å². The van der Waals surface area contributed by atoms with E-state index in [1.165, 1.54) is 0 Å². The molecule has 0 unspecified atom stereocenters. The molecule has 0 saturated carbocycles. The normalized spacial score (nSPS) is 12.7. The monoisotopic (exact) mass is 342 g/mol. The second-order valence-corrected chi connectivity index (χ2v) is 5.27. The van der Waals surface area contributed by atoms with Crippen LogP contribution >= 0.6 is 0 Å². The molecule has 7 heteroatoms. The number of hydrogen-bond donors (Lipinski definition) is 1. The van der Waals surface area contributed by atoms with Crippen LogP contribution < -0.4 is 24.4 Å². The zero-order chi connectivity index (χ0) is 17.8. The van der Waals surface area contributed by atoms with Crippen LogP contribution in [-0.4, -0.2) is 32.6 Å². The van der Waals surface area contributed by atoms with Crippen LogP contribution in [0.2, 0.25) is 0 Å². The molecule has 0 aliphatic carbocycles. The molecular weight excluding hydrogens is 324 g/mol. The predicted octanol–water partition coefficient (Wildman–Crippen LogP) is 2.59. The van der Waals surface area contributed by atoms with E-state index in [0.29, 0.717) is 34.3 Å². The fourth-order valence-corrected chi connectivity index (χ4v) is 2.39. The van der Waals surface area contributed by atoms with Crippen LogP contribution in [0.3, 0.4) is 0 Å². The Morgan fingerprint density at radius 3 is 2.64 bits per heavy atom. The molecular formula is C18H18N2O5. The number of hydrazone groups is 1. The zero-order valence-corrected chi connectivity index (χ0v) is 14.2. The van der Waals surface area contributed by atoms with Gasteiger partial charge in [-0.1, -0.05) is 0 Å². The molecule has 1 aliphatic heterocycles. The minimum absolute atomic E-state index is 0.160. The highest BCUT2D eigenvalue weighted by Gasteiger charge is 2.16. The highest BCUT2D eigenvalue weighted by Crippen LogP contribution is 2.32. The van der Waals surface area contributed by atoms with Crippen LogP contribution in [0.5, 0.6) is 23.0 Å². The van der Waals surface area contributed by atoms with E-state index in [2.05, 4.69) is 10.5 Å². The van der Waals surface area contributed by atoms with Gasteiger partial charge in [0.1, 0.15) is 11.5 Å². The summed E-state index contributed by atoms with van der Waals surface area (Å²) in [5.41, 5.74) is 4.28. The van der Waals surface area contributed by atoms with Crippen molar-refractivity contribution < 1.29 is 23.7 Å². The van der Waals surface area contributed by atoms with Gasteiger partial charge in [0, 0.05) is 11.1 Å². The largest absolute Gasteiger partial charge is 0.497 e. The molecule has 0 radical (unpaired) electrons. The van der Waals surface area contributed by atoms with Gasteiger partial charge in [-0.15, -0.1) is 0 Å². The van der Waals surface area contributed by atoms with E-state index in [1.54, 1.807) is 57.5 Å². The van der Waals surface area contributed by atoms with Gasteiger partial charge >= 0.3 is 0 Å². The number of hydrogen-bond acceptors (Lipinski definition) is 6. The van der Waals surface area contributed by atoms with Gasteiger partial charge in [0.25, 0.3) is 5.91 Å². The zero-order valence-electron chi connectivity index (χ0n) is 14.2. The first-order chi connectivity index (χ1) is 12.1. The summed E-state index contributed by atoms with van der Waals surface area (Å²) in [6.45, 7) is 1.94. The molecule has 0 atom stereocenters. The second-order valence-electron chi connectivity index (χ2n) is 5.27. The lowest BCUT2D eigenvalue weighted by Gasteiger charge is -2.10. The fraction of sp³-hybridized carbons (Fsp3) is 0.222. The Kier molecular flexibility index (Phi) is 4.74. The van der Waals surface area contributed by atoms with Crippen molar-refractivity contribution in [2.75, 3.05) is 21.0 Å². The summed E-state index contributed by atoms with van der Waals surface area (Å²) in [7, 11) is 3.16. The van der Waals surface area contributed by atoms with Crippen LogP contribution in [0.25, 0.3) is 0 Å². The van der Waals surface area contributed by atoms with E-state index in [-0.39, 0.29) is 12.7 Å². The van der Waals surface area contributed by atoms with Gasteiger partial charge in [-0.05, 0) is 43.3 Å². The summed E-state index contributed by atoms with van der Waals surface area (Å²) in [6.07, 6.45) is 0. The van der Waals surface area contributed by atoms with Crippen LogP contribution in [0, 0.1) is 0 Å². The Hall–Kier alpha value is -3.22. The molecule has 25 heavy (non-hydrogen) atoms. The van der Waals surface area contributed by atoms with Crippen molar-refractivity contribution in [3.63, 3.8) is 0 Å². The van der Waals surface area contributed by atoms with Crippen molar-refractivity contribution in [2.45, 2.75) is 6.92 Å². The van der Waals surface area contributed by atoms with Crippen molar-refractivity contribution >= 4 is 11.6 Å². The van der Waals surface area contributed by atoms with E-state index in [1.807, 2.05) is 0 Å². The number of nitrogens with zero attached hydrogens (tertiary/aromatic N) is 1. The maximum atomic E-state index is 12.3. The molecule has 1 N–H and O–H groups in total. The second kappa shape index (κ2) is 7.12. The summed E-state index contributed by atoms with van der Waals surface area (Å²) >= 11 is 0. The van der Waals surface area contributed by atoms with Gasteiger partial charge < -0.3 is 18.9 Å². The number of ether oxygens (including phenoxy) is 4. The summed E-state index contributed by atoms with van der Waals surface area (Å²) < 4.78 is 21.0. The first kappa shape index (κ1) is 16.6. The van der Waals surface area contributed by atoms with E-state index >= 15 is 0 Å². The molecule has 0 fully saturated rings. The molecule has 2 aromatic rings. The number of amides is 1. The van der Waals surface area contributed by atoms with Crippen molar-refractivity contribution in [3.8, 4) is 23.0 Å². The van der Waals surface area contributed by atoms with E-state index in [0.717, 1.165) is 5.56 Å². The lowest BCUT2D eigenvalue weighted by atomic mass is 10.1. The first-order valence-corrected chi connectivity index (χ1v) is 7.59. The molecule has 0 bridgehead atoms. The predicted molar refractivity (Wildman–Crippen MR) is 91.8 cm³/mol. The molecule has 1 heterocycles. The number of fused-ring (bicyclic) bond motifs is 1. The van der Waals surface area contributed by atoms with Gasteiger partial charge in [-0.25, -0.2) is 5.43 Å². The number of benzene rings is 2. The molecule has 7 nitrogen and oxygen atoms in total. The molecule has 3 rings (SSSR count). The van der Waals surface area contributed by atoms with Gasteiger partial charge in [0.05, 0.1) is 19.9 Å².